The summed E-state index contributed by atoms with van der Waals surface area (Å²) < 4.78 is 40.2. The first-order chi connectivity index (χ1) is 11.4. The standard InChI is InChI=1S/C16H17FN2O3S2/c1-12-4-5-13(11-14(12)17)16(20)18-6-8-19(9-7-18)24(21,22)15-3-2-10-23-15/h2-5,10-11H,6-9H2,1H3. The predicted octanol–water partition coefficient (Wildman–Crippen LogP) is 2.34. The van der Waals surface area contributed by atoms with E-state index in [9.17, 15) is 17.6 Å². The molecule has 2 heterocycles. The molecule has 128 valence electrons. The molecule has 0 spiro atoms. The number of sulfonamides is 1. The molecule has 1 fully saturated rings. The van der Waals surface area contributed by atoms with Gasteiger partial charge in [0.2, 0.25) is 0 Å². The molecule has 0 N–H and O–H groups in total. The fourth-order valence-corrected chi connectivity index (χ4v) is 5.14. The lowest BCUT2D eigenvalue weighted by Crippen LogP contribution is -2.50. The van der Waals surface area contributed by atoms with Gasteiger partial charge in [0.25, 0.3) is 15.9 Å². The highest BCUT2D eigenvalue weighted by Crippen LogP contribution is 2.22. The van der Waals surface area contributed by atoms with Crippen molar-refractivity contribution in [1.29, 1.82) is 0 Å². The minimum absolute atomic E-state index is 0.236. The average Bonchev–Trinajstić information content (AvgIpc) is 3.12. The zero-order chi connectivity index (χ0) is 17.3. The lowest BCUT2D eigenvalue weighted by molar-refractivity contribution is 0.0697. The quantitative estimate of drug-likeness (QED) is 0.836. The highest BCUT2D eigenvalue weighted by molar-refractivity contribution is 7.91. The number of halogens is 1. The first kappa shape index (κ1) is 17.1. The maximum absolute atomic E-state index is 13.6. The molecule has 1 aliphatic heterocycles. The molecular formula is C16H17FN2O3S2. The molecule has 0 atom stereocenters. The largest absolute Gasteiger partial charge is 0.336 e. The summed E-state index contributed by atoms with van der Waals surface area (Å²) in [5.41, 5.74) is 0.770. The van der Waals surface area contributed by atoms with E-state index in [1.54, 1.807) is 41.5 Å². The van der Waals surface area contributed by atoms with Gasteiger partial charge in [-0.25, -0.2) is 12.8 Å². The Labute approximate surface area is 144 Å². The van der Waals surface area contributed by atoms with Crippen LogP contribution in [0.15, 0.2) is 39.9 Å². The third kappa shape index (κ3) is 3.22. The number of hydrogen-bond donors (Lipinski definition) is 0. The first-order valence-electron chi connectivity index (χ1n) is 7.48. The van der Waals surface area contributed by atoms with Crippen LogP contribution in [0.5, 0.6) is 0 Å². The number of rotatable bonds is 3. The Morgan fingerprint density at radius 3 is 2.46 bits per heavy atom. The van der Waals surface area contributed by atoms with Gasteiger partial charge in [0.15, 0.2) is 0 Å². The lowest BCUT2D eigenvalue weighted by atomic mass is 10.1. The molecule has 24 heavy (non-hydrogen) atoms. The first-order valence-corrected chi connectivity index (χ1v) is 9.80. The number of carbonyl (C=O) groups is 1. The molecule has 0 radical (unpaired) electrons. The highest BCUT2D eigenvalue weighted by atomic mass is 32.2. The molecule has 1 aromatic carbocycles. The van der Waals surface area contributed by atoms with E-state index in [1.165, 1.54) is 21.7 Å². The van der Waals surface area contributed by atoms with Crippen LogP contribution >= 0.6 is 11.3 Å². The minimum Gasteiger partial charge on any atom is -0.336 e. The van der Waals surface area contributed by atoms with Crippen molar-refractivity contribution in [3.05, 3.63) is 52.7 Å². The number of thiophene rings is 1. The molecule has 1 aliphatic rings. The van der Waals surface area contributed by atoms with Gasteiger partial charge in [-0.1, -0.05) is 12.1 Å². The number of hydrogen-bond acceptors (Lipinski definition) is 4. The number of amides is 1. The fraction of sp³-hybridized carbons (Fsp3) is 0.312. The van der Waals surface area contributed by atoms with Crippen molar-refractivity contribution in [2.45, 2.75) is 11.1 Å². The summed E-state index contributed by atoms with van der Waals surface area (Å²) in [7, 11) is -3.49. The van der Waals surface area contributed by atoms with Crippen molar-refractivity contribution < 1.29 is 17.6 Å². The zero-order valence-electron chi connectivity index (χ0n) is 13.1. The Bertz CT molecular complexity index is 842. The van der Waals surface area contributed by atoms with Crippen LogP contribution in [0.2, 0.25) is 0 Å². The minimum atomic E-state index is -3.49. The number of piperazine rings is 1. The maximum Gasteiger partial charge on any atom is 0.254 e. The molecule has 3 rings (SSSR count). The van der Waals surface area contributed by atoms with Crippen LogP contribution in [0.3, 0.4) is 0 Å². The Hall–Kier alpha value is -1.77. The summed E-state index contributed by atoms with van der Waals surface area (Å²) in [5.74, 6) is -0.693. The van der Waals surface area contributed by atoms with Gasteiger partial charge >= 0.3 is 0 Å². The third-order valence-corrected chi connectivity index (χ3v) is 7.31. The molecule has 0 bridgehead atoms. The highest BCUT2D eigenvalue weighted by Gasteiger charge is 2.31. The second kappa shape index (κ2) is 6.62. The van der Waals surface area contributed by atoms with Crippen molar-refractivity contribution in [2.24, 2.45) is 0 Å². The van der Waals surface area contributed by atoms with Crippen LogP contribution in [0.1, 0.15) is 15.9 Å². The molecule has 1 saturated heterocycles. The van der Waals surface area contributed by atoms with E-state index in [-0.39, 0.29) is 24.6 Å². The molecule has 5 nitrogen and oxygen atoms in total. The van der Waals surface area contributed by atoms with Crippen molar-refractivity contribution in [2.75, 3.05) is 26.2 Å². The normalized spacial score (nSPS) is 16.3. The molecular weight excluding hydrogens is 351 g/mol. The van der Waals surface area contributed by atoms with Gasteiger partial charge in [-0.2, -0.15) is 4.31 Å². The summed E-state index contributed by atoms with van der Waals surface area (Å²) in [5, 5.41) is 1.72. The summed E-state index contributed by atoms with van der Waals surface area (Å²) in [4.78, 5) is 14.0. The average molecular weight is 368 g/mol. The Kier molecular flexibility index (Phi) is 4.71. The van der Waals surface area contributed by atoms with E-state index < -0.39 is 15.8 Å². The lowest BCUT2D eigenvalue weighted by Gasteiger charge is -2.33. The summed E-state index contributed by atoms with van der Waals surface area (Å²) in [6.45, 7) is 2.69. The van der Waals surface area contributed by atoms with Gasteiger partial charge in [0.1, 0.15) is 10.0 Å². The topological polar surface area (TPSA) is 57.7 Å². The van der Waals surface area contributed by atoms with Crippen molar-refractivity contribution in [3.63, 3.8) is 0 Å². The third-order valence-electron chi connectivity index (χ3n) is 4.03. The van der Waals surface area contributed by atoms with Crippen LogP contribution in [0.25, 0.3) is 0 Å². The second-order valence-electron chi connectivity index (χ2n) is 5.59. The maximum atomic E-state index is 13.6. The van der Waals surface area contributed by atoms with Crippen LogP contribution in [-0.4, -0.2) is 49.7 Å². The molecule has 1 amide bonds. The van der Waals surface area contributed by atoms with E-state index >= 15 is 0 Å². The molecule has 2 aromatic rings. The van der Waals surface area contributed by atoms with Crippen molar-refractivity contribution in [1.82, 2.24) is 9.21 Å². The van der Waals surface area contributed by atoms with Crippen LogP contribution in [0.4, 0.5) is 4.39 Å². The number of aryl methyl sites for hydroxylation is 1. The van der Waals surface area contributed by atoms with E-state index in [0.717, 1.165) is 0 Å². The summed E-state index contributed by atoms with van der Waals surface area (Å²) in [6.07, 6.45) is 0. The molecule has 0 unspecified atom stereocenters. The van der Waals surface area contributed by atoms with Gasteiger partial charge in [-0.3, -0.25) is 4.79 Å². The van der Waals surface area contributed by atoms with Crippen LogP contribution in [0, 0.1) is 12.7 Å². The van der Waals surface area contributed by atoms with Gasteiger partial charge in [0.05, 0.1) is 0 Å². The summed E-state index contributed by atoms with van der Waals surface area (Å²) in [6, 6.07) is 7.66. The van der Waals surface area contributed by atoms with Gasteiger partial charge in [-0.05, 0) is 36.1 Å². The summed E-state index contributed by atoms with van der Waals surface area (Å²) >= 11 is 1.18. The monoisotopic (exact) mass is 368 g/mol. The van der Waals surface area contributed by atoms with Crippen molar-refractivity contribution in [3.8, 4) is 0 Å². The Morgan fingerprint density at radius 1 is 1.17 bits per heavy atom. The Morgan fingerprint density at radius 2 is 1.88 bits per heavy atom. The van der Waals surface area contributed by atoms with Gasteiger partial charge < -0.3 is 4.90 Å². The van der Waals surface area contributed by atoms with E-state index in [0.29, 0.717) is 22.9 Å². The molecule has 0 saturated carbocycles. The molecule has 0 aliphatic carbocycles. The smallest absolute Gasteiger partial charge is 0.254 e. The van der Waals surface area contributed by atoms with Crippen molar-refractivity contribution >= 4 is 27.3 Å². The van der Waals surface area contributed by atoms with Gasteiger partial charge in [-0.15, -0.1) is 11.3 Å². The van der Waals surface area contributed by atoms with E-state index in [2.05, 4.69) is 0 Å². The zero-order valence-corrected chi connectivity index (χ0v) is 14.7. The molecule has 8 heteroatoms. The van der Waals surface area contributed by atoms with Crippen LogP contribution in [-0.2, 0) is 10.0 Å². The van der Waals surface area contributed by atoms with Gasteiger partial charge in [0, 0.05) is 31.7 Å². The van der Waals surface area contributed by atoms with E-state index in [1.807, 2.05) is 0 Å². The molecule has 1 aromatic heterocycles. The SMILES string of the molecule is Cc1ccc(C(=O)N2CCN(S(=O)(=O)c3cccs3)CC2)cc1F. The second-order valence-corrected chi connectivity index (χ2v) is 8.70. The number of carbonyl (C=O) groups excluding carboxylic acids is 1. The van der Waals surface area contributed by atoms with E-state index in [4.69, 9.17) is 0 Å². The fourth-order valence-electron chi connectivity index (χ4n) is 2.58. The predicted molar refractivity (Wildman–Crippen MR) is 90.1 cm³/mol. The van der Waals surface area contributed by atoms with Crippen LogP contribution < -0.4 is 0 Å². The number of nitrogens with zero attached hydrogens (tertiary/aromatic N) is 2. The number of benzene rings is 1. The Balaban J connectivity index is 1.69.